The summed E-state index contributed by atoms with van der Waals surface area (Å²) in [6.07, 6.45) is 2.00. The summed E-state index contributed by atoms with van der Waals surface area (Å²) in [5.41, 5.74) is 1.85. The minimum absolute atomic E-state index is 0.904. The van der Waals surface area contributed by atoms with Crippen molar-refractivity contribution in [3.05, 3.63) is 0 Å². The van der Waals surface area contributed by atoms with Gasteiger partial charge in [-0.3, -0.25) is 4.99 Å². The second kappa shape index (κ2) is 5.02. The van der Waals surface area contributed by atoms with Gasteiger partial charge in [0.15, 0.2) is 0 Å². The van der Waals surface area contributed by atoms with E-state index < -0.39 is 0 Å². The zero-order valence-electron chi connectivity index (χ0n) is 4.14. The molecule has 2 heteroatoms. The van der Waals surface area contributed by atoms with Gasteiger partial charge in [0.1, 0.15) is 0 Å². The maximum Gasteiger partial charge on any atom is 0.0538 e. The topological polar surface area (TPSA) is 12.4 Å². The van der Waals surface area contributed by atoms with Crippen LogP contribution in [-0.4, -0.2) is 18.3 Å². The molecule has 0 saturated heterocycles. The molecule has 1 nitrogen and oxygen atoms in total. The minimum atomic E-state index is 0.904. The number of hydrogen-bond donors (Lipinski definition) is 0. The molecule has 0 fully saturated rings. The van der Waals surface area contributed by atoms with Crippen molar-refractivity contribution in [2.45, 2.75) is 6.92 Å². The fourth-order valence-corrected chi connectivity index (χ4v) is 0.447. The average molecular weight is 103 g/mol. The Morgan fingerprint density at radius 1 is 1.83 bits per heavy atom. The van der Waals surface area contributed by atoms with Gasteiger partial charge < -0.3 is 0 Å². The molecule has 0 saturated carbocycles. The molecule has 0 radical (unpaired) electrons. The summed E-state index contributed by atoms with van der Waals surface area (Å²) in [6, 6.07) is 0. The molecular weight excluding hydrogens is 94.1 g/mol. The number of hydrogen-bond acceptors (Lipinski definition) is 2. The Hall–Kier alpha value is 0.0200. The fourth-order valence-electron chi connectivity index (χ4n) is 0.149. The summed E-state index contributed by atoms with van der Waals surface area (Å²) in [5, 5.41) is 0. The third-order valence-electron chi connectivity index (χ3n) is 0.363. The van der Waals surface area contributed by atoms with Crippen LogP contribution in [0, 0.1) is 0 Å². The quantitative estimate of drug-likeness (QED) is 0.380. The molecule has 0 unspecified atom stereocenters. The molecule has 0 aliphatic heterocycles. The average Bonchev–Trinajstić information content (AvgIpc) is 1.61. The van der Waals surface area contributed by atoms with Gasteiger partial charge >= 0.3 is 0 Å². The summed E-state index contributed by atoms with van der Waals surface area (Å²) in [4.78, 5) is 3.93. The summed E-state index contributed by atoms with van der Waals surface area (Å²) in [6.45, 7) is 2.92. The molecule has 0 bridgehead atoms. The van der Waals surface area contributed by atoms with Crippen molar-refractivity contribution in [2.24, 2.45) is 4.99 Å². The van der Waals surface area contributed by atoms with Gasteiger partial charge in [0, 0.05) is 6.54 Å². The van der Waals surface area contributed by atoms with Crippen molar-refractivity contribution in [1.29, 1.82) is 0 Å². The van der Waals surface area contributed by atoms with Gasteiger partial charge in [0.25, 0.3) is 0 Å². The van der Waals surface area contributed by atoms with E-state index in [-0.39, 0.29) is 0 Å². The highest BCUT2D eigenvalue weighted by Gasteiger charge is 1.59. The van der Waals surface area contributed by atoms with Crippen LogP contribution in [0.15, 0.2) is 4.99 Å². The van der Waals surface area contributed by atoms with E-state index in [4.69, 9.17) is 0 Å². The van der Waals surface area contributed by atoms with Crippen molar-refractivity contribution in [3.8, 4) is 0 Å². The lowest BCUT2D eigenvalue weighted by atomic mass is 10.8. The lowest BCUT2D eigenvalue weighted by Crippen LogP contribution is -1.64. The highest BCUT2D eigenvalue weighted by Crippen LogP contribution is 1.80. The first kappa shape index (κ1) is 6.02. The van der Waals surface area contributed by atoms with Crippen LogP contribution in [0.3, 0.4) is 0 Å². The largest absolute Gasteiger partial charge is 0.287 e. The smallest absolute Gasteiger partial charge is 0.0538 e. The predicted octanol–water partition coefficient (Wildman–Crippen LogP) is 1.40. The molecule has 0 rings (SSSR count). The van der Waals surface area contributed by atoms with Crippen LogP contribution in [0.5, 0.6) is 0 Å². The Morgan fingerprint density at radius 3 is 2.67 bits per heavy atom. The van der Waals surface area contributed by atoms with E-state index in [1.54, 1.807) is 11.8 Å². The minimum Gasteiger partial charge on any atom is -0.287 e. The van der Waals surface area contributed by atoms with E-state index in [0.29, 0.717) is 0 Å². The van der Waals surface area contributed by atoms with Crippen LogP contribution in [0.25, 0.3) is 0 Å². The number of thioether (sulfide) groups is 1. The van der Waals surface area contributed by atoms with Gasteiger partial charge in [0.05, 0.1) is 5.55 Å². The lowest BCUT2D eigenvalue weighted by molar-refractivity contribution is 1.15. The Kier molecular flexibility index (Phi) is 5.04. The molecule has 0 atom stereocenters. The van der Waals surface area contributed by atoms with Crippen molar-refractivity contribution < 1.29 is 0 Å². The molecule has 0 N–H and O–H groups in total. The number of aliphatic imine (C=N–C) groups is 1. The van der Waals surface area contributed by atoms with Gasteiger partial charge in [-0.25, -0.2) is 0 Å². The maximum atomic E-state index is 3.93. The molecule has 0 amide bonds. The molecule has 0 aromatic carbocycles. The van der Waals surface area contributed by atoms with Crippen LogP contribution in [0.4, 0.5) is 0 Å². The highest BCUT2D eigenvalue weighted by atomic mass is 32.2. The maximum absolute atomic E-state index is 3.93. The Morgan fingerprint density at radius 2 is 2.50 bits per heavy atom. The lowest BCUT2D eigenvalue weighted by Gasteiger charge is -1.74. The first-order chi connectivity index (χ1) is 2.91. The van der Waals surface area contributed by atoms with Crippen molar-refractivity contribution >= 4 is 17.3 Å². The van der Waals surface area contributed by atoms with E-state index in [1.807, 2.05) is 18.7 Å². The monoisotopic (exact) mass is 103 g/mol. The fraction of sp³-hybridized carbons (Fsp3) is 0.750. The van der Waals surface area contributed by atoms with Gasteiger partial charge in [-0.2, -0.15) is 0 Å². The third kappa shape index (κ3) is 4.02. The van der Waals surface area contributed by atoms with Gasteiger partial charge in [-0.1, -0.05) is 0 Å². The van der Waals surface area contributed by atoms with E-state index in [1.165, 1.54) is 0 Å². The van der Waals surface area contributed by atoms with Gasteiger partial charge in [-0.15, -0.1) is 11.8 Å². The van der Waals surface area contributed by atoms with Crippen LogP contribution < -0.4 is 0 Å². The number of nitrogens with zero attached hydrogens (tertiary/aromatic N) is 1. The Labute approximate surface area is 42.9 Å². The molecule has 6 heavy (non-hydrogen) atoms. The van der Waals surface area contributed by atoms with E-state index in [0.717, 1.165) is 6.54 Å². The van der Waals surface area contributed by atoms with E-state index >= 15 is 0 Å². The summed E-state index contributed by atoms with van der Waals surface area (Å²) < 4.78 is 0. The van der Waals surface area contributed by atoms with Gasteiger partial charge in [-0.05, 0) is 13.2 Å². The van der Waals surface area contributed by atoms with Crippen molar-refractivity contribution in [1.82, 2.24) is 0 Å². The molecule has 0 aliphatic carbocycles. The normalized spacial score (nSPS) is 10.3. The molecule has 0 spiro atoms. The van der Waals surface area contributed by atoms with Crippen molar-refractivity contribution in [2.75, 3.05) is 12.8 Å². The SMILES string of the molecule is CCN=CSC. The standard InChI is InChI=1S/C4H9NS/c1-3-5-4-6-2/h4H,3H2,1-2H3. The second-order valence-corrected chi connectivity index (χ2v) is 1.52. The molecule has 0 aliphatic rings. The summed E-state index contributed by atoms with van der Waals surface area (Å²) >= 11 is 1.63. The predicted molar refractivity (Wildman–Crippen MR) is 32.5 cm³/mol. The zero-order chi connectivity index (χ0) is 4.83. The van der Waals surface area contributed by atoms with Crippen LogP contribution in [0.2, 0.25) is 0 Å². The first-order valence-corrected chi connectivity index (χ1v) is 3.21. The summed E-state index contributed by atoms with van der Waals surface area (Å²) in [5.74, 6) is 0. The zero-order valence-corrected chi connectivity index (χ0v) is 4.96. The molecule has 0 aromatic rings. The van der Waals surface area contributed by atoms with E-state index in [9.17, 15) is 0 Å². The Balaban J connectivity index is 2.73. The molecule has 36 valence electrons. The van der Waals surface area contributed by atoms with E-state index in [2.05, 4.69) is 4.99 Å². The van der Waals surface area contributed by atoms with Crippen LogP contribution in [-0.2, 0) is 0 Å². The summed E-state index contributed by atoms with van der Waals surface area (Å²) in [7, 11) is 0. The molecule has 0 heterocycles. The van der Waals surface area contributed by atoms with Crippen LogP contribution in [0.1, 0.15) is 6.92 Å². The molecule has 0 aromatic heterocycles. The first-order valence-electron chi connectivity index (χ1n) is 1.93. The second-order valence-electron chi connectivity index (χ2n) is 0.840. The molecular formula is C4H9NS. The van der Waals surface area contributed by atoms with Crippen LogP contribution >= 0.6 is 11.8 Å². The highest BCUT2D eigenvalue weighted by molar-refractivity contribution is 8.11. The Bertz CT molecular complexity index is 36.8. The third-order valence-corrected chi connectivity index (χ3v) is 0.722. The van der Waals surface area contributed by atoms with Crippen molar-refractivity contribution in [3.63, 3.8) is 0 Å². The van der Waals surface area contributed by atoms with Gasteiger partial charge in [0.2, 0.25) is 0 Å². The number of rotatable bonds is 2.